The Bertz CT molecular complexity index is 902. The summed E-state index contributed by atoms with van der Waals surface area (Å²) in [4.78, 5) is 26.6. The van der Waals surface area contributed by atoms with Crippen LogP contribution in [0.5, 0.6) is 5.75 Å². The summed E-state index contributed by atoms with van der Waals surface area (Å²) >= 11 is 0. The number of benzene rings is 2. The lowest BCUT2D eigenvalue weighted by molar-refractivity contribution is -0.308. The molecule has 0 spiro atoms. The number of carboxylic acid groups (broad SMARTS) is 1. The highest BCUT2D eigenvalue weighted by molar-refractivity contribution is 5.91. The molecule has 1 amide bonds. The van der Waals surface area contributed by atoms with Gasteiger partial charge in [-0.3, -0.25) is 4.79 Å². The maximum Gasteiger partial charge on any atom is 0.225 e. The zero-order valence-corrected chi connectivity index (χ0v) is 13.4. The number of hydrogen-bond donors (Lipinski definition) is 3. The Labute approximate surface area is 144 Å². The van der Waals surface area contributed by atoms with E-state index in [1.807, 2.05) is 18.2 Å². The van der Waals surface area contributed by atoms with Crippen molar-refractivity contribution in [3.05, 3.63) is 65.9 Å². The molecule has 0 unspecified atom stereocenters. The van der Waals surface area contributed by atoms with Crippen molar-refractivity contribution >= 4 is 22.8 Å². The van der Waals surface area contributed by atoms with Crippen LogP contribution in [0, 0.1) is 0 Å². The van der Waals surface area contributed by atoms with E-state index in [0.717, 1.165) is 16.5 Å². The number of rotatable bonds is 6. The van der Waals surface area contributed by atoms with Crippen molar-refractivity contribution < 1.29 is 19.8 Å². The Morgan fingerprint density at radius 3 is 2.64 bits per heavy atom. The number of H-pyrrole nitrogens is 1. The summed E-state index contributed by atoms with van der Waals surface area (Å²) in [6.45, 7) is 0. The van der Waals surface area contributed by atoms with Crippen LogP contribution in [-0.2, 0) is 22.4 Å². The van der Waals surface area contributed by atoms with Crippen molar-refractivity contribution in [1.82, 2.24) is 10.3 Å². The first-order valence-electron chi connectivity index (χ1n) is 7.86. The van der Waals surface area contributed by atoms with Crippen LogP contribution >= 0.6 is 0 Å². The van der Waals surface area contributed by atoms with Crippen LogP contribution in [-0.4, -0.2) is 28.0 Å². The lowest BCUT2D eigenvalue weighted by atomic mass is 10.1. The number of aromatic nitrogens is 1. The maximum absolute atomic E-state index is 12.3. The van der Waals surface area contributed by atoms with Crippen LogP contribution in [0.25, 0.3) is 10.9 Å². The normalized spacial score (nSPS) is 12.0. The number of aromatic hydroxyl groups is 1. The van der Waals surface area contributed by atoms with E-state index in [1.165, 1.54) is 6.07 Å². The molecule has 1 atom stereocenters. The molecule has 0 bridgehead atoms. The second kappa shape index (κ2) is 7.09. The molecular weight excluding hydrogens is 320 g/mol. The smallest absolute Gasteiger partial charge is 0.225 e. The standard InChI is InChI=1S/C19H18N2O4/c22-14-6-7-15-13(11-20-16(15)10-14)9-18(23)21-17(19(24)25)8-12-4-2-1-3-5-12/h1-7,10-11,17,20,22H,8-9H2,(H,21,23)(H,24,25)/p-1/t17-/m0/s1. The number of carboxylic acids is 1. The van der Waals surface area contributed by atoms with E-state index in [9.17, 15) is 19.8 Å². The predicted molar refractivity (Wildman–Crippen MR) is 90.8 cm³/mol. The molecule has 0 aliphatic rings. The number of carbonyl (C=O) groups is 2. The molecule has 0 aliphatic carbocycles. The molecule has 3 aromatic rings. The van der Waals surface area contributed by atoms with E-state index in [-0.39, 0.29) is 18.6 Å². The third-order valence-corrected chi connectivity index (χ3v) is 4.00. The summed E-state index contributed by atoms with van der Waals surface area (Å²) in [6, 6.07) is 12.8. The fourth-order valence-corrected chi connectivity index (χ4v) is 2.78. The number of phenolic OH excluding ortho intramolecular Hbond substituents is 1. The second-order valence-electron chi connectivity index (χ2n) is 5.85. The van der Waals surface area contributed by atoms with Gasteiger partial charge in [-0.2, -0.15) is 0 Å². The number of amides is 1. The summed E-state index contributed by atoms with van der Waals surface area (Å²) in [7, 11) is 0. The number of hydrogen-bond acceptors (Lipinski definition) is 4. The highest BCUT2D eigenvalue weighted by Crippen LogP contribution is 2.22. The van der Waals surface area contributed by atoms with Gasteiger partial charge in [0, 0.05) is 23.2 Å². The number of phenols is 1. The summed E-state index contributed by atoms with van der Waals surface area (Å²) < 4.78 is 0. The minimum atomic E-state index is -1.32. The predicted octanol–water partition coefficient (Wildman–Crippen LogP) is 0.893. The van der Waals surface area contributed by atoms with Crippen molar-refractivity contribution in [2.24, 2.45) is 0 Å². The fourth-order valence-electron chi connectivity index (χ4n) is 2.78. The van der Waals surface area contributed by atoms with Crippen molar-refractivity contribution in [2.45, 2.75) is 18.9 Å². The molecule has 0 saturated carbocycles. The van der Waals surface area contributed by atoms with Gasteiger partial charge in [0.1, 0.15) is 5.75 Å². The van der Waals surface area contributed by atoms with Crippen LogP contribution in [0.1, 0.15) is 11.1 Å². The van der Waals surface area contributed by atoms with Crippen molar-refractivity contribution in [3.63, 3.8) is 0 Å². The first-order chi connectivity index (χ1) is 12.0. The fraction of sp³-hybridized carbons (Fsp3) is 0.158. The summed E-state index contributed by atoms with van der Waals surface area (Å²) in [5.74, 6) is -1.59. The van der Waals surface area contributed by atoms with Crippen LogP contribution in [0.15, 0.2) is 54.7 Å². The molecule has 2 aromatic carbocycles. The Kier molecular flexibility index (Phi) is 4.70. The topological polar surface area (TPSA) is 105 Å². The molecule has 0 saturated heterocycles. The molecule has 0 fully saturated rings. The quantitative estimate of drug-likeness (QED) is 0.621. The Morgan fingerprint density at radius 2 is 1.92 bits per heavy atom. The highest BCUT2D eigenvalue weighted by atomic mass is 16.4. The van der Waals surface area contributed by atoms with Gasteiger partial charge in [0.15, 0.2) is 0 Å². The summed E-state index contributed by atoms with van der Waals surface area (Å²) in [6.07, 6.45) is 1.87. The number of nitrogens with one attached hydrogen (secondary N) is 2. The maximum atomic E-state index is 12.3. The van der Waals surface area contributed by atoms with E-state index < -0.39 is 17.9 Å². The molecule has 128 valence electrons. The molecule has 3 rings (SSSR count). The number of fused-ring (bicyclic) bond motifs is 1. The molecular formula is C19H17N2O4-. The van der Waals surface area contributed by atoms with Gasteiger partial charge in [-0.1, -0.05) is 30.3 Å². The van der Waals surface area contributed by atoms with E-state index in [1.54, 1.807) is 30.5 Å². The van der Waals surface area contributed by atoms with E-state index in [4.69, 9.17) is 0 Å². The molecule has 25 heavy (non-hydrogen) atoms. The van der Waals surface area contributed by atoms with Crippen LogP contribution in [0.2, 0.25) is 0 Å². The monoisotopic (exact) mass is 337 g/mol. The van der Waals surface area contributed by atoms with Gasteiger partial charge in [0.2, 0.25) is 5.91 Å². The molecule has 0 aliphatic heterocycles. The molecule has 1 aromatic heterocycles. The Balaban J connectivity index is 1.70. The number of carbonyl (C=O) groups excluding carboxylic acids is 2. The molecule has 3 N–H and O–H groups in total. The van der Waals surface area contributed by atoms with Gasteiger partial charge in [0.25, 0.3) is 0 Å². The van der Waals surface area contributed by atoms with Gasteiger partial charge in [0.05, 0.1) is 18.4 Å². The van der Waals surface area contributed by atoms with E-state index in [2.05, 4.69) is 10.3 Å². The Hall–Kier alpha value is -3.28. The average Bonchev–Trinajstić information content (AvgIpc) is 2.97. The van der Waals surface area contributed by atoms with Crippen molar-refractivity contribution in [1.29, 1.82) is 0 Å². The third kappa shape index (κ3) is 3.98. The SMILES string of the molecule is O=C(Cc1c[nH]c2cc(O)ccc12)N[C@@H](Cc1ccccc1)C(=O)[O-]. The van der Waals surface area contributed by atoms with Crippen LogP contribution < -0.4 is 10.4 Å². The summed E-state index contributed by atoms with van der Waals surface area (Å²) in [5.41, 5.74) is 2.24. The zero-order valence-electron chi connectivity index (χ0n) is 13.4. The second-order valence-corrected chi connectivity index (χ2v) is 5.85. The molecule has 0 radical (unpaired) electrons. The minimum absolute atomic E-state index is 0.0311. The van der Waals surface area contributed by atoms with E-state index in [0.29, 0.717) is 5.52 Å². The first kappa shape index (κ1) is 16.6. The zero-order chi connectivity index (χ0) is 17.8. The lowest BCUT2D eigenvalue weighted by Crippen LogP contribution is -2.49. The average molecular weight is 337 g/mol. The van der Waals surface area contributed by atoms with Crippen molar-refractivity contribution in [2.75, 3.05) is 0 Å². The Morgan fingerprint density at radius 1 is 1.16 bits per heavy atom. The van der Waals surface area contributed by atoms with Crippen molar-refractivity contribution in [3.8, 4) is 5.75 Å². The summed E-state index contributed by atoms with van der Waals surface area (Å²) in [5, 5.41) is 24.1. The minimum Gasteiger partial charge on any atom is -0.548 e. The number of aromatic amines is 1. The first-order valence-corrected chi connectivity index (χ1v) is 7.86. The van der Waals surface area contributed by atoms with Gasteiger partial charge in [-0.15, -0.1) is 0 Å². The molecule has 6 nitrogen and oxygen atoms in total. The van der Waals surface area contributed by atoms with Crippen LogP contribution in [0.3, 0.4) is 0 Å². The van der Waals surface area contributed by atoms with Gasteiger partial charge >= 0.3 is 0 Å². The van der Waals surface area contributed by atoms with Gasteiger partial charge in [-0.25, -0.2) is 0 Å². The van der Waals surface area contributed by atoms with E-state index >= 15 is 0 Å². The van der Waals surface area contributed by atoms with Gasteiger partial charge < -0.3 is 25.3 Å². The van der Waals surface area contributed by atoms with Gasteiger partial charge in [-0.05, 0) is 29.7 Å². The van der Waals surface area contributed by atoms with Crippen LogP contribution in [0.4, 0.5) is 0 Å². The lowest BCUT2D eigenvalue weighted by Gasteiger charge is -2.19. The third-order valence-electron chi connectivity index (χ3n) is 4.00. The number of aliphatic carboxylic acids is 1. The molecule has 1 heterocycles. The molecule has 6 heteroatoms. The largest absolute Gasteiger partial charge is 0.548 e. The highest BCUT2D eigenvalue weighted by Gasteiger charge is 2.16.